The monoisotopic (exact) mass is 368 g/mol. The average molecular weight is 368 g/mol. The molecule has 7 heteroatoms. The fourth-order valence-corrected chi connectivity index (χ4v) is 3.09. The van der Waals surface area contributed by atoms with Gasteiger partial charge in [-0.05, 0) is 38.0 Å². The number of carbonyl (C=O) groups excluding carboxylic acids is 1. The summed E-state index contributed by atoms with van der Waals surface area (Å²) in [6, 6.07) is 10.6. The van der Waals surface area contributed by atoms with Crippen LogP contribution in [0.1, 0.15) is 30.8 Å². The summed E-state index contributed by atoms with van der Waals surface area (Å²) >= 11 is 0. The maximum Gasteiger partial charge on any atom is 0.254 e. The van der Waals surface area contributed by atoms with Gasteiger partial charge >= 0.3 is 0 Å². The zero-order chi connectivity index (χ0) is 19.2. The lowest BCUT2D eigenvalue weighted by Gasteiger charge is -2.10. The molecule has 3 aromatic rings. The van der Waals surface area contributed by atoms with E-state index < -0.39 is 0 Å². The molecule has 0 fully saturated rings. The Kier molecular flexibility index (Phi) is 5.90. The summed E-state index contributed by atoms with van der Waals surface area (Å²) in [5.41, 5.74) is 2.41. The van der Waals surface area contributed by atoms with Crippen molar-refractivity contribution in [3.63, 3.8) is 0 Å². The van der Waals surface area contributed by atoms with Crippen LogP contribution >= 0.6 is 0 Å². The predicted octanol–water partition coefficient (Wildman–Crippen LogP) is 2.27. The van der Waals surface area contributed by atoms with Gasteiger partial charge in [0.25, 0.3) is 5.56 Å². The van der Waals surface area contributed by atoms with Crippen LogP contribution in [-0.2, 0) is 17.8 Å². The van der Waals surface area contributed by atoms with Gasteiger partial charge in [0.05, 0.1) is 11.0 Å². The number of fused-ring (bicyclic) bond motifs is 1. The lowest BCUT2D eigenvalue weighted by Crippen LogP contribution is -2.26. The molecule has 1 aromatic carbocycles. The van der Waals surface area contributed by atoms with E-state index in [9.17, 15) is 14.7 Å². The van der Waals surface area contributed by atoms with Gasteiger partial charge < -0.3 is 20.0 Å². The molecule has 0 saturated heterocycles. The molecule has 0 atom stereocenters. The normalized spacial score (nSPS) is 11.0. The highest BCUT2D eigenvalue weighted by Gasteiger charge is 2.06. The lowest BCUT2D eigenvalue weighted by atomic mass is 10.2. The summed E-state index contributed by atoms with van der Waals surface area (Å²) in [4.78, 5) is 31.6. The first kappa shape index (κ1) is 18.7. The first-order valence-electron chi connectivity index (χ1n) is 9.14. The Morgan fingerprint density at radius 1 is 1.26 bits per heavy atom. The van der Waals surface area contributed by atoms with E-state index in [0.717, 1.165) is 29.7 Å². The maximum absolute atomic E-state index is 11.9. The molecule has 0 spiro atoms. The summed E-state index contributed by atoms with van der Waals surface area (Å²) in [6.45, 7) is 2.81. The van der Waals surface area contributed by atoms with Gasteiger partial charge in [-0.15, -0.1) is 0 Å². The van der Waals surface area contributed by atoms with Crippen molar-refractivity contribution in [2.45, 2.75) is 39.2 Å². The number of rotatable bonds is 8. The number of amides is 1. The van der Waals surface area contributed by atoms with Crippen molar-refractivity contribution in [3.8, 4) is 5.75 Å². The highest BCUT2D eigenvalue weighted by atomic mass is 16.3. The molecule has 7 nitrogen and oxygen atoms in total. The van der Waals surface area contributed by atoms with E-state index in [-0.39, 0.29) is 17.2 Å². The third-order valence-electron chi connectivity index (χ3n) is 4.46. The number of nitrogens with one attached hydrogen (secondary N) is 2. The number of aromatic hydroxyl groups is 1. The molecule has 0 unspecified atom stereocenters. The second-order valence-electron chi connectivity index (χ2n) is 6.60. The number of nitrogens with zero attached hydrogens (tertiary/aromatic N) is 2. The summed E-state index contributed by atoms with van der Waals surface area (Å²) < 4.78 is 1.56. The van der Waals surface area contributed by atoms with E-state index in [1.54, 1.807) is 17.6 Å². The smallest absolute Gasteiger partial charge is 0.254 e. The second kappa shape index (κ2) is 8.53. The van der Waals surface area contributed by atoms with Crippen molar-refractivity contribution >= 4 is 16.9 Å². The van der Waals surface area contributed by atoms with E-state index >= 15 is 0 Å². The maximum atomic E-state index is 11.9. The number of pyridine rings is 1. The van der Waals surface area contributed by atoms with Crippen LogP contribution in [0.3, 0.4) is 0 Å². The number of aromatic nitrogens is 3. The standard InChI is InChI=1S/C20H24N4O3/c1-14-12-15(25)13-20(27)24(14)11-5-9-19(26)21-10-4-8-18-22-16-6-2-3-7-17(16)23-18/h2-3,6-7,12-13,25H,4-5,8-11H2,1H3,(H,21,26)(H,22,23). The van der Waals surface area contributed by atoms with E-state index in [4.69, 9.17) is 0 Å². The number of hydrogen-bond donors (Lipinski definition) is 3. The minimum absolute atomic E-state index is 0.0240. The van der Waals surface area contributed by atoms with Crippen LogP contribution in [0.2, 0.25) is 0 Å². The summed E-state index contributed by atoms with van der Waals surface area (Å²) in [6.07, 6.45) is 2.51. The molecular formula is C20H24N4O3. The first-order chi connectivity index (χ1) is 13.0. The van der Waals surface area contributed by atoms with E-state index in [2.05, 4.69) is 15.3 Å². The van der Waals surface area contributed by atoms with Gasteiger partial charge in [0.1, 0.15) is 11.6 Å². The third-order valence-corrected chi connectivity index (χ3v) is 4.46. The van der Waals surface area contributed by atoms with Gasteiger partial charge in [-0.1, -0.05) is 12.1 Å². The van der Waals surface area contributed by atoms with Gasteiger partial charge in [0, 0.05) is 37.7 Å². The highest BCUT2D eigenvalue weighted by molar-refractivity contribution is 5.76. The molecule has 3 rings (SSSR count). The van der Waals surface area contributed by atoms with Gasteiger partial charge in [-0.3, -0.25) is 9.59 Å². The van der Waals surface area contributed by atoms with Crippen LogP contribution in [0, 0.1) is 6.92 Å². The topological polar surface area (TPSA) is 100 Å². The molecule has 0 aliphatic carbocycles. The van der Waals surface area contributed by atoms with Crippen molar-refractivity contribution in [2.75, 3.05) is 6.54 Å². The Labute approximate surface area is 157 Å². The first-order valence-corrected chi connectivity index (χ1v) is 9.14. The largest absolute Gasteiger partial charge is 0.508 e. The Balaban J connectivity index is 1.37. The summed E-state index contributed by atoms with van der Waals surface area (Å²) in [5, 5.41) is 12.3. The van der Waals surface area contributed by atoms with Gasteiger partial charge in [0.2, 0.25) is 5.91 Å². The number of aromatic amines is 1. The molecule has 27 heavy (non-hydrogen) atoms. The fraction of sp³-hybridized carbons (Fsp3) is 0.350. The van der Waals surface area contributed by atoms with Crippen LogP contribution in [0.15, 0.2) is 41.2 Å². The molecule has 2 aromatic heterocycles. The van der Waals surface area contributed by atoms with Crippen LogP contribution in [0.5, 0.6) is 5.75 Å². The van der Waals surface area contributed by atoms with Crippen molar-refractivity contribution < 1.29 is 9.90 Å². The summed E-state index contributed by atoms with van der Waals surface area (Å²) in [7, 11) is 0. The molecule has 0 aliphatic heterocycles. The number of para-hydroxylation sites is 2. The van der Waals surface area contributed by atoms with Gasteiger partial charge in [0.15, 0.2) is 0 Å². The Morgan fingerprint density at radius 3 is 2.85 bits per heavy atom. The molecule has 0 bridgehead atoms. The quantitative estimate of drug-likeness (QED) is 0.531. The number of aryl methyl sites for hydroxylation is 2. The van der Waals surface area contributed by atoms with Crippen LogP contribution in [0.25, 0.3) is 11.0 Å². The molecule has 2 heterocycles. The molecule has 0 aliphatic rings. The number of hydrogen-bond acceptors (Lipinski definition) is 4. The van der Waals surface area contributed by atoms with Crippen LogP contribution in [0.4, 0.5) is 0 Å². The van der Waals surface area contributed by atoms with Gasteiger partial charge in [-0.25, -0.2) is 4.98 Å². The van der Waals surface area contributed by atoms with E-state index in [0.29, 0.717) is 31.6 Å². The highest BCUT2D eigenvalue weighted by Crippen LogP contribution is 2.11. The predicted molar refractivity (Wildman–Crippen MR) is 104 cm³/mol. The minimum atomic E-state index is -0.251. The molecule has 3 N–H and O–H groups in total. The molecule has 142 valence electrons. The fourth-order valence-electron chi connectivity index (χ4n) is 3.09. The summed E-state index contributed by atoms with van der Waals surface area (Å²) in [5.74, 6) is 0.868. The van der Waals surface area contributed by atoms with E-state index in [1.165, 1.54) is 6.07 Å². The van der Waals surface area contributed by atoms with Crippen molar-refractivity contribution in [1.82, 2.24) is 19.9 Å². The van der Waals surface area contributed by atoms with Crippen molar-refractivity contribution in [1.29, 1.82) is 0 Å². The third kappa shape index (κ3) is 4.97. The average Bonchev–Trinajstić information content (AvgIpc) is 3.03. The number of carbonyl (C=O) groups is 1. The number of H-pyrrole nitrogens is 1. The minimum Gasteiger partial charge on any atom is -0.508 e. The Hall–Kier alpha value is -3.09. The van der Waals surface area contributed by atoms with Gasteiger partial charge in [-0.2, -0.15) is 0 Å². The van der Waals surface area contributed by atoms with E-state index in [1.807, 2.05) is 24.3 Å². The van der Waals surface area contributed by atoms with Crippen LogP contribution < -0.4 is 10.9 Å². The molecule has 0 radical (unpaired) electrons. The molecule has 1 amide bonds. The molecule has 0 saturated carbocycles. The van der Waals surface area contributed by atoms with Crippen LogP contribution in [-0.4, -0.2) is 32.1 Å². The Morgan fingerprint density at radius 2 is 2.07 bits per heavy atom. The Bertz CT molecular complexity index is 957. The lowest BCUT2D eigenvalue weighted by molar-refractivity contribution is -0.121. The van der Waals surface area contributed by atoms with Crippen molar-refractivity contribution in [3.05, 3.63) is 58.3 Å². The number of imidazole rings is 1. The second-order valence-corrected chi connectivity index (χ2v) is 6.60. The number of benzene rings is 1. The van der Waals surface area contributed by atoms with Crippen molar-refractivity contribution in [2.24, 2.45) is 0 Å². The molecular weight excluding hydrogens is 344 g/mol. The zero-order valence-electron chi connectivity index (χ0n) is 15.4. The zero-order valence-corrected chi connectivity index (χ0v) is 15.4. The SMILES string of the molecule is Cc1cc(O)cc(=O)n1CCCC(=O)NCCCc1nc2ccccc2[nH]1.